The fourth-order valence-electron chi connectivity index (χ4n) is 2.42. The summed E-state index contributed by atoms with van der Waals surface area (Å²) in [5.74, 6) is 0.0723. The molecule has 0 aromatic heterocycles. The van der Waals surface area contributed by atoms with Crippen LogP contribution in [0.25, 0.3) is 6.08 Å². The number of rotatable bonds is 5. The number of halogens is 3. The Bertz CT molecular complexity index is 881. The zero-order valence-corrected chi connectivity index (χ0v) is 14.7. The van der Waals surface area contributed by atoms with Crippen LogP contribution >= 0.6 is 11.8 Å². The number of ether oxygens (including phenoxy) is 1. The maximum atomic E-state index is 12.8. The molecule has 0 unspecified atom stereocenters. The number of carbonyl (C=O) groups excluding carboxylic acids is 2. The average molecular weight is 393 g/mol. The molecule has 140 valence electrons. The zero-order valence-electron chi connectivity index (χ0n) is 13.9. The van der Waals surface area contributed by atoms with Gasteiger partial charge >= 0.3 is 6.18 Å². The van der Waals surface area contributed by atoms with Crippen LogP contribution in [-0.4, -0.2) is 29.2 Å². The van der Waals surface area contributed by atoms with E-state index in [-0.39, 0.29) is 23.6 Å². The second kappa shape index (κ2) is 7.87. The van der Waals surface area contributed by atoms with Crippen LogP contribution in [0.5, 0.6) is 5.75 Å². The van der Waals surface area contributed by atoms with Crippen molar-refractivity contribution in [3.05, 3.63) is 70.6 Å². The molecule has 2 aromatic carbocycles. The molecular weight excluding hydrogens is 379 g/mol. The number of para-hydroxylation sites is 1. The van der Waals surface area contributed by atoms with Gasteiger partial charge in [-0.3, -0.25) is 14.5 Å². The lowest BCUT2D eigenvalue weighted by Crippen LogP contribution is -2.32. The average Bonchev–Trinajstić information content (AvgIpc) is 2.89. The Morgan fingerprint density at radius 3 is 2.48 bits per heavy atom. The van der Waals surface area contributed by atoms with E-state index in [0.29, 0.717) is 17.5 Å². The Labute approximate surface area is 157 Å². The van der Waals surface area contributed by atoms with Crippen LogP contribution in [0.2, 0.25) is 0 Å². The van der Waals surface area contributed by atoms with E-state index >= 15 is 0 Å². The van der Waals surface area contributed by atoms with Crippen molar-refractivity contribution in [2.24, 2.45) is 0 Å². The quantitative estimate of drug-likeness (QED) is 0.684. The van der Waals surface area contributed by atoms with E-state index in [4.69, 9.17) is 4.74 Å². The number of hydrogen-bond acceptors (Lipinski definition) is 4. The van der Waals surface area contributed by atoms with E-state index in [9.17, 15) is 22.8 Å². The third-order valence-corrected chi connectivity index (χ3v) is 4.62. The van der Waals surface area contributed by atoms with Crippen molar-refractivity contribution in [1.29, 1.82) is 0 Å². The van der Waals surface area contributed by atoms with Gasteiger partial charge < -0.3 is 4.74 Å². The fourth-order valence-corrected chi connectivity index (χ4v) is 3.29. The lowest BCUT2D eigenvalue weighted by atomic mass is 10.1. The molecule has 4 nitrogen and oxygen atoms in total. The Morgan fingerprint density at radius 2 is 1.78 bits per heavy atom. The summed E-state index contributed by atoms with van der Waals surface area (Å²) in [5, 5.41) is -0.477. The van der Waals surface area contributed by atoms with Crippen LogP contribution in [0, 0.1) is 0 Å². The maximum Gasteiger partial charge on any atom is 0.416 e. The molecule has 0 saturated carbocycles. The second-order valence-corrected chi connectivity index (χ2v) is 6.61. The van der Waals surface area contributed by atoms with Crippen LogP contribution < -0.4 is 4.74 Å². The summed E-state index contributed by atoms with van der Waals surface area (Å²) in [6, 6.07) is 13.5. The molecule has 27 heavy (non-hydrogen) atoms. The summed E-state index contributed by atoms with van der Waals surface area (Å²) in [7, 11) is 0. The maximum absolute atomic E-state index is 12.8. The lowest BCUT2D eigenvalue weighted by molar-refractivity contribution is -0.137. The van der Waals surface area contributed by atoms with Crippen molar-refractivity contribution >= 4 is 29.0 Å². The Hall–Kier alpha value is -2.74. The molecule has 8 heteroatoms. The van der Waals surface area contributed by atoms with E-state index in [0.717, 1.165) is 17.0 Å². The highest BCUT2D eigenvalue weighted by Crippen LogP contribution is 2.34. The van der Waals surface area contributed by atoms with E-state index in [2.05, 4.69) is 0 Å². The normalized spacial score (nSPS) is 16.3. The van der Waals surface area contributed by atoms with Crippen LogP contribution in [0.4, 0.5) is 18.0 Å². The highest BCUT2D eigenvalue weighted by atomic mass is 32.2. The van der Waals surface area contributed by atoms with Crippen LogP contribution in [0.15, 0.2) is 59.5 Å². The monoisotopic (exact) mass is 393 g/mol. The van der Waals surface area contributed by atoms with Crippen molar-refractivity contribution in [3.63, 3.8) is 0 Å². The summed E-state index contributed by atoms with van der Waals surface area (Å²) in [6.45, 7) is 0.179. The molecule has 0 N–H and O–H groups in total. The predicted molar refractivity (Wildman–Crippen MR) is 96.1 cm³/mol. The van der Waals surface area contributed by atoms with Crippen LogP contribution in [0.1, 0.15) is 11.1 Å². The molecule has 1 aliphatic heterocycles. The third-order valence-electron chi connectivity index (χ3n) is 3.71. The van der Waals surface area contributed by atoms with E-state index < -0.39 is 22.9 Å². The minimum absolute atomic E-state index is 0.0551. The van der Waals surface area contributed by atoms with Crippen LogP contribution in [-0.2, 0) is 11.0 Å². The Morgan fingerprint density at radius 1 is 1.04 bits per heavy atom. The number of alkyl halides is 3. The van der Waals surface area contributed by atoms with Crippen molar-refractivity contribution in [1.82, 2.24) is 4.90 Å². The molecular formula is C19H14F3NO3S. The van der Waals surface area contributed by atoms with Gasteiger partial charge in [-0.05, 0) is 47.7 Å². The van der Waals surface area contributed by atoms with Gasteiger partial charge in [0.05, 0.1) is 17.0 Å². The summed E-state index contributed by atoms with van der Waals surface area (Å²) in [6.07, 6.45) is -3.18. The molecule has 3 rings (SSSR count). The molecule has 0 atom stereocenters. The molecule has 1 aliphatic rings. The van der Waals surface area contributed by atoms with Gasteiger partial charge in [0.15, 0.2) is 0 Å². The summed E-state index contributed by atoms with van der Waals surface area (Å²) in [4.78, 5) is 25.5. The number of nitrogens with zero attached hydrogens (tertiary/aromatic N) is 1. The van der Waals surface area contributed by atoms with Gasteiger partial charge in [0.2, 0.25) is 0 Å². The molecule has 0 aliphatic carbocycles. The van der Waals surface area contributed by atoms with Crippen LogP contribution in [0.3, 0.4) is 0 Å². The summed E-state index contributed by atoms with van der Waals surface area (Å²) >= 11 is 0.698. The molecule has 0 bridgehead atoms. The minimum atomic E-state index is -4.47. The molecule has 2 amide bonds. The first-order chi connectivity index (χ1) is 12.8. The molecule has 0 spiro atoms. The van der Waals surface area contributed by atoms with Gasteiger partial charge in [0, 0.05) is 0 Å². The van der Waals surface area contributed by atoms with Gasteiger partial charge in [-0.15, -0.1) is 0 Å². The SMILES string of the molecule is O=C1S/C(=C\c2cccc(C(F)(F)F)c2)C(=O)N1CCOc1ccccc1. The fraction of sp³-hybridized carbons (Fsp3) is 0.158. The number of benzene rings is 2. The minimum Gasteiger partial charge on any atom is -0.492 e. The van der Waals surface area contributed by atoms with Crippen molar-refractivity contribution in [3.8, 4) is 5.75 Å². The van der Waals surface area contributed by atoms with Gasteiger partial charge in [-0.2, -0.15) is 13.2 Å². The summed E-state index contributed by atoms with van der Waals surface area (Å²) < 4.78 is 43.8. The van der Waals surface area contributed by atoms with Gasteiger partial charge in [-0.25, -0.2) is 0 Å². The number of hydrogen-bond donors (Lipinski definition) is 0. The molecule has 1 fully saturated rings. The smallest absolute Gasteiger partial charge is 0.416 e. The molecule has 1 heterocycles. The van der Waals surface area contributed by atoms with Gasteiger partial charge in [-0.1, -0.05) is 30.3 Å². The van der Waals surface area contributed by atoms with E-state index in [1.165, 1.54) is 18.2 Å². The second-order valence-electron chi connectivity index (χ2n) is 5.62. The van der Waals surface area contributed by atoms with E-state index in [1.807, 2.05) is 6.07 Å². The Balaban J connectivity index is 1.67. The van der Waals surface area contributed by atoms with Crippen molar-refractivity contribution in [2.75, 3.05) is 13.2 Å². The highest BCUT2D eigenvalue weighted by Gasteiger charge is 2.35. The number of thioether (sulfide) groups is 1. The molecule has 0 radical (unpaired) electrons. The lowest BCUT2D eigenvalue weighted by Gasteiger charge is -2.13. The number of imide groups is 1. The van der Waals surface area contributed by atoms with Crippen molar-refractivity contribution < 1.29 is 27.5 Å². The largest absolute Gasteiger partial charge is 0.492 e. The molecule has 2 aromatic rings. The third kappa shape index (κ3) is 4.71. The van der Waals surface area contributed by atoms with Crippen molar-refractivity contribution in [2.45, 2.75) is 6.18 Å². The first-order valence-electron chi connectivity index (χ1n) is 7.95. The number of amides is 2. The van der Waals surface area contributed by atoms with Gasteiger partial charge in [0.1, 0.15) is 12.4 Å². The first kappa shape index (κ1) is 19.0. The standard InChI is InChI=1S/C19H14F3NO3S/c20-19(21,22)14-6-4-5-13(11-14)12-16-17(24)23(18(25)27-16)9-10-26-15-7-2-1-3-8-15/h1-8,11-12H,9-10H2/b16-12-. The Kier molecular flexibility index (Phi) is 5.55. The zero-order chi connectivity index (χ0) is 19.4. The topological polar surface area (TPSA) is 46.6 Å². The van der Waals surface area contributed by atoms with Gasteiger partial charge in [0.25, 0.3) is 11.1 Å². The molecule has 1 saturated heterocycles. The number of carbonyl (C=O) groups is 2. The summed E-state index contributed by atoms with van der Waals surface area (Å²) in [5.41, 5.74) is -0.609. The predicted octanol–water partition coefficient (Wildman–Crippen LogP) is 4.82. The highest BCUT2D eigenvalue weighted by molar-refractivity contribution is 8.18. The van der Waals surface area contributed by atoms with E-state index in [1.54, 1.807) is 24.3 Å². The first-order valence-corrected chi connectivity index (χ1v) is 8.77.